The topological polar surface area (TPSA) is 99.6 Å². The van der Waals surface area contributed by atoms with Crippen LogP contribution < -0.4 is 9.64 Å². The summed E-state index contributed by atoms with van der Waals surface area (Å²) >= 11 is 5.42. The molecule has 3 rings (SSSR count). The smallest absolute Gasteiger partial charge is 0.389 e. The second-order valence-corrected chi connectivity index (χ2v) is 10.7. The minimum absolute atomic E-state index is 0.0472. The Morgan fingerprint density at radius 2 is 1.74 bits per heavy atom. The van der Waals surface area contributed by atoms with E-state index in [1.54, 1.807) is 24.3 Å². The third-order valence-corrected chi connectivity index (χ3v) is 8.77. The van der Waals surface area contributed by atoms with Gasteiger partial charge in [-0.2, -0.15) is 17.5 Å². The zero-order valence-corrected chi connectivity index (χ0v) is 19.9. The molecule has 14 heteroatoms. The Bertz CT molecular complexity index is 932. The molecule has 1 aromatic carbocycles. The van der Waals surface area contributed by atoms with Crippen LogP contribution in [0.4, 0.5) is 18.9 Å². The van der Waals surface area contributed by atoms with Crippen LogP contribution in [0, 0.1) is 0 Å². The minimum atomic E-state index is -4.21. The number of rotatable bonds is 8. The summed E-state index contributed by atoms with van der Waals surface area (Å²) in [5, 5.41) is 9.47. The second kappa shape index (κ2) is 10.9. The summed E-state index contributed by atoms with van der Waals surface area (Å²) in [7, 11) is -4.14. The molecule has 2 aliphatic heterocycles. The fourth-order valence-electron chi connectivity index (χ4n) is 4.10. The molecule has 2 aliphatic rings. The number of nitrogens with zero attached hydrogens (tertiary/aromatic N) is 3. The van der Waals surface area contributed by atoms with E-state index in [2.05, 4.69) is 0 Å². The van der Waals surface area contributed by atoms with Crippen LogP contribution >= 0.6 is 11.8 Å². The van der Waals surface area contributed by atoms with E-state index in [4.69, 9.17) is 21.3 Å². The van der Waals surface area contributed by atoms with Gasteiger partial charge in [-0.3, -0.25) is 10.0 Å². The molecule has 1 N–H and O–H groups in total. The summed E-state index contributed by atoms with van der Waals surface area (Å²) in [5.41, 5.74) is 0.804. The van der Waals surface area contributed by atoms with E-state index in [0.29, 0.717) is 18.8 Å². The predicted octanol–water partition coefficient (Wildman–Crippen LogP) is 2.78. The number of hydrogen-bond acceptors (Lipinski definition) is 7. The predicted molar refractivity (Wildman–Crippen MR) is 117 cm³/mol. The lowest BCUT2D eigenvalue weighted by molar-refractivity contribution is -0.152. The summed E-state index contributed by atoms with van der Waals surface area (Å²) in [6.45, 7) is 1.03. The van der Waals surface area contributed by atoms with Gasteiger partial charge in [0, 0.05) is 76.1 Å². The molecule has 0 aromatic heterocycles. The average Bonchev–Trinajstić information content (AvgIpc) is 2.81. The lowest BCUT2D eigenvalue weighted by Gasteiger charge is -2.42. The van der Waals surface area contributed by atoms with Crippen molar-refractivity contribution in [2.24, 2.45) is 0 Å². The van der Waals surface area contributed by atoms with Crippen LogP contribution in [0.5, 0.6) is 5.75 Å². The Kier molecular flexibility index (Phi) is 8.56. The number of ether oxygens (including phenoxy) is 2. The van der Waals surface area contributed by atoms with E-state index < -0.39 is 33.3 Å². The molecule has 0 aliphatic carbocycles. The number of hydrogen-bond donors (Lipinski definition) is 1. The number of hydroxylamine groups is 1. The standard InChI is InChI=1S/C20H27ClF3N3O6S/c21-27(29)18(28)19(7-14-32-15-8-19)34(30,31)26-11-9-25(10-12-26)16-2-4-17(5-3-16)33-13-1-6-20(22,23)24/h2-5,29H,1,6-15H2. The van der Waals surface area contributed by atoms with Crippen molar-refractivity contribution in [2.75, 3.05) is 50.9 Å². The monoisotopic (exact) mass is 529 g/mol. The Morgan fingerprint density at radius 1 is 1.15 bits per heavy atom. The fraction of sp³-hybridized carbons (Fsp3) is 0.650. The summed E-state index contributed by atoms with van der Waals surface area (Å²) < 4.78 is 73.2. The van der Waals surface area contributed by atoms with E-state index in [-0.39, 0.29) is 56.8 Å². The maximum absolute atomic E-state index is 13.4. The first-order valence-electron chi connectivity index (χ1n) is 10.8. The normalized spacial score (nSPS) is 19.6. The highest BCUT2D eigenvalue weighted by molar-refractivity contribution is 7.91. The number of anilines is 1. The molecule has 192 valence electrons. The van der Waals surface area contributed by atoms with Crippen molar-refractivity contribution in [3.8, 4) is 5.75 Å². The molecule has 0 unspecified atom stereocenters. The van der Waals surface area contributed by atoms with Crippen LogP contribution in [-0.4, -0.2) is 85.3 Å². The van der Waals surface area contributed by atoms with E-state index in [0.717, 1.165) is 5.69 Å². The molecular weight excluding hydrogens is 503 g/mol. The molecule has 2 saturated heterocycles. The third-order valence-electron chi connectivity index (χ3n) is 6.01. The van der Waals surface area contributed by atoms with Crippen LogP contribution in [0.2, 0.25) is 0 Å². The molecule has 0 radical (unpaired) electrons. The Balaban J connectivity index is 1.59. The zero-order valence-electron chi connectivity index (χ0n) is 18.3. The molecular formula is C20H27ClF3N3O6S. The van der Waals surface area contributed by atoms with Crippen LogP contribution in [0.25, 0.3) is 0 Å². The highest BCUT2D eigenvalue weighted by Crippen LogP contribution is 2.35. The largest absolute Gasteiger partial charge is 0.494 e. The number of piperazine rings is 1. The lowest BCUT2D eigenvalue weighted by Crippen LogP contribution is -2.61. The van der Waals surface area contributed by atoms with Crippen LogP contribution in [0.3, 0.4) is 0 Å². The number of amides is 1. The van der Waals surface area contributed by atoms with Crippen molar-refractivity contribution in [2.45, 2.75) is 36.6 Å². The highest BCUT2D eigenvalue weighted by atomic mass is 35.5. The first kappa shape index (κ1) is 26.8. The Morgan fingerprint density at radius 3 is 2.26 bits per heavy atom. The molecule has 0 spiro atoms. The first-order valence-corrected chi connectivity index (χ1v) is 12.6. The quantitative estimate of drug-likeness (QED) is 0.239. The van der Waals surface area contributed by atoms with Crippen molar-refractivity contribution < 1.29 is 41.1 Å². The lowest BCUT2D eigenvalue weighted by atomic mass is 9.98. The maximum atomic E-state index is 13.4. The molecule has 2 fully saturated rings. The summed E-state index contributed by atoms with van der Waals surface area (Å²) in [5.74, 6) is -0.646. The summed E-state index contributed by atoms with van der Waals surface area (Å²) in [6, 6.07) is 6.81. The molecule has 1 aromatic rings. The van der Waals surface area contributed by atoms with Gasteiger partial charge in [0.15, 0.2) is 4.75 Å². The number of benzene rings is 1. The SMILES string of the molecule is O=C(N(O)Cl)C1(S(=O)(=O)N2CCN(c3ccc(OCCCC(F)(F)F)cc3)CC2)CCOCC1. The van der Waals surface area contributed by atoms with E-state index in [1.165, 1.54) is 4.31 Å². The van der Waals surface area contributed by atoms with Gasteiger partial charge in [0.2, 0.25) is 10.0 Å². The van der Waals surface area contributed by atoms with Crippen molar-refractivity contribution >= 4 is 33.4 Å². The third kappa shape index (κ3) is 6.06. The van der Waals surface area contributed by atoms with Gasteiger partial charge < -0.3 is 14.4 Å². The zero-order chi connectivity index (χ0) is 25.0. The molecule has 0 saturated carbocycles. The number of halogens is 4. The average molecular weight is 530 g/mol. The van der Waals surface area contributed by atoms with Crippen LogP contribution in [-0.2, 0) is 19.6 Å². The molecule has 1 amide bonds. The number of alkyl halides is 3. The van der Waals surface area contributed by atoms with Gasteiger partial charge in [-0.15, -0.1) is 4.58 Å². The van der Waals surface area contributed by atoms with Crippen LogP contribution in [0.15, 0.2) is 24.3 Å². The van der Waals surface area contributed by atoms with E-state index in [9.17, 15) is 31.6 Å². The number of carbonyl (C=O) groups is 1. The minimum Gasteiger partial charge on any atom is -0.494 e. The van der Waals surface area contributed by atoms with Gasteiger partial charge in [0.05, 0.1) is 6.61 Å². The Hall–Kier alpha value is -1.80. The molecule has 9 nitrogen and oxygen atoms in total. The Labute approximate surface area is 201 Å². The van der Waals surface area contributed by atoms with Gasteiger partial charge in [-0.25, -0.2) is 8.42 Å². The van der Waals surface area contributed by atoms with Gasteiger partial charge in [0.25, 0.3) is 5.91 Å². The van der Waals surface area contributed by atoms with Gasteiger partial charge in [-0.05, 0) is 30.7 Å². The molecule has 2 heterocycles. The number of sulfonamides is 1. The summed E-state index contributed by atoms with van der Waals surface area (Å²) in [6.07, 6.45) is -5.46. The van der Waals surface area contributed by atoms with Crippen molar-refractivity contribution in [1.82, 2.24) is 8.89 Å². The van der Waals surface area contributed by atoms with Gasteiger partial charge >= 0.3 is 6.18 Å². The van der Waals surface area contributed by atoms with E-state index in [1.807, 2.05) is 4.90 Å². The van der Waals surface area contributed by atoms with Crippen LogP contribution in [0.1, 0.15) is 25.7 Å². The second-order valence-electron chi connectivity index (χ2n) is 8.12. The van der Waals surface area contributed by atoms with Crippen molar-refractivity contribution in [3.05, 3.63) is 24.3 Å². The fourth-order valence-corrected chi connectivity index (χ4v) is 6.44. The highest BCUT2D eigenvalue weighted by Gasteiger charge is 2.56. The van der Waals surface area contributed by atoms with Crippen molar-refractivity contribution in [3.63, 3.8) is 0 Å². The molecule has 34 heavy (non-hydrogen) atoms. The van der Waals surface area contributed by atoms with Gasteiger partial charge in [-0.1, -0.05) is 0 Å². The molecule has 0 bridgehead atoms. The first-order chi connectivity index (χ1) is 16.0. The molecule has 0 atom stereocenters. The number of carbonyl (C=O) groups excluding carboxylic acids is 1. The maximum Gasteiger partial charge on any atom is 0.389 e. The summed E-state index contributed by atoms with van der Waals surface area (Å²) in [4.78, 5) is 14.5. The van der Waals surface area contributed by atoms with Gasteiger partial charge in [0.1, 0.15) is 5.75 Å². The van der Waals surface area contributed by atoms with E-state index >= 15 is 0 Å². The van der Waals surface area contributed by atoms with Crippen molar-refractivity contribution in [1.29, 1.82) is 0 Å².